The van der Waals surface area contributed by atoms with Gasteiger partial charge in [-0.3, -0.25) is 19.1 Å². The largest absolute Gasteiger partial charge is 0.391 e. The van der Waals surface area contributed by atoms with Crippen molar-refractivity contribution in [1.29, 1.82) is 0 Å². The first-order valence-electron chi connectivity index (χ1n) is 11.7. The number of amides is 3. The van der Waals surface area contributed by atoms with Crippen LogP contribution in [0, 0.1) is 12.8 Å². The minimum atomic E-state index is -0.984. The van der Waals surface area contributed by atoms with E-state index in [4.69, 9.17) is 0 Å². The molecule has 3 unspecified atom stereocenters. The van der Waals surface area contributed by atoms with Crippen LogP contribution in [0.4, 0.5) is 0 Å². The van der Waals surface area contributed by atoms with Gasteiger partial charge in [0.1, 0.15) is 6.04 Å². The molecule has 0 spiro atoms. The van der Waals surface area contributed by atoms with E-state index in [9.17, 15) is 19.5 Å². The fourth-order valence-electron chi connectivity index (χ4n) is 4.78. The average Bonchev–Trinajstić information content (AvgIpc) is 3.50. The number of carbonyl (C=O) groups is 3. The van der Waals surface area contributed by atoms with Crippen LogP contribution in [-0.2, 0) is 27.9 Å². The number of aromatic nitrogens is 2. The summed E-state index contributed by atoms with van der Waals surface area (Å²) in [6.45, 7) is 4.46. The first-order valence-corrected chi connectivity index (χ1v) is 11.7. The molecule has 1 saturated heterocycles. The van der Waals surface area contributed by atoms with Crippen molar-refractivity contribution in [3.63, 3.8) is 0 Å². The SMILES string of the molecule is Cc1c(CC(=O)N(C)CC2CCCN2C(=O)C(NC(=O)C2CCCC2)C(C)O)cnn1C. The van der Waals surface area contributed by atoms with Crippen molar-refractivity contribution in [3.05, 3.63) is 17.5 Å². The predicted octanol–water partition coefficient (Wildman–Crippen LogP) is 0.776. The Hall–Kier alpha value is -2.42. The van der Waals surface area contributed by atoms with Crippen LogP contribution < -0.4 is 5.32 Å². The average molecular weight is 448 g/mol. The van der Waals surface area contributed by atoms with E-state index >= 15 is 0 Å². The van der Waals surface area contributed by atoms with Gasteiger partial charge in [-0.2, -0.15) is 5.10 Å². The Kier molecular flexibility index (Phi) is 7.92. The second-order valence-electron chi connectivity index (χ2n) is 9.37. The fraction of sp³-hybridized carbons (Fsp3) is 0.739. The molecular formula is C23H37N5O4. The van der Waals surface area contributed by atoms with Crippen LogP contribution in [0.5, 0.6) is 0 Å². The van der Waals surface area contributed by atoms with Crippen molar-refractivity contribution >= 4 is 17.7 Å². The molecule has 2 aliphatic rings. The van der Waals surface area contributed by atoms with Crippen LogP contribution in [0.15, 0.2) is 6.20 Å². The molecule has 0 radical (unpaired) electrons. The van der Waals surface area contributed by atoms with Crippen LogP contribution in [0.25, 0.3) is 0 Å². The van der Waals surface area contributed by atoms with Gasteiger partial charge in [-0.25, -0.2) is 0 Å². The summed E-state index contributed by atoms with van der Waals surface area (Å²) in [4.78, 5) is 42.0. The molecule has 3 atom stereocenters. The number of hydrogen-bond donors (Lipinski definition) is 2. The van der Waals surface area contributed by atoms with Crippen molar-refractivity contribution in [1.82, 2.24) is 24.9 Å². The number of nitrogens with zero attached hydrogens (tertiary/aromatic N) is 4. The second kappa shape index (κ2) is 10.5. The van der Waals surface area contributed by atoms with E-state index in [1.54, 1.807) is 27.7 Å². The molecule has 0 aromatic carbocycles. The monoisotopic (exact) mass is 447 g/mol. The summed E-state index contributed by atoms with van der Waals surface area (Å²) in [7, 11) is 3.60. The molecule has 1 aromatic heterocycles. The van der Waals surface area contributed by atoms with Gasteiger partial charge in [0.2, 0.25) is 17.7 Å². The Morgan fingerprint density at radius 3 is 2.53 bits per heavy atom. The third-order valence-corrected chi connectivity index (χ3v) is 7.02. The highest BCUT2D eigenvalue weighted by Gasteiger charge is 2.38. The lowest BCUT2D eigenvalue weighted by Crippen LogP contribution is -2.56. The maximum Gasteiger partial charge on any atom is 0.248 e. The van der Waals surface area contributed by atoms with Crippen molar-refractivity contribution in [3.8, 4) is 0 Å². The number of likely N-dealkylation sites (N-methyl/N-ethyl adjacent to an activating group) is 1. The molecule has 2 fully saturated rings. The zero-order valence-corrected chi connectivity index (χ0v) is 19.7. The van der Waals surface area contributed by atoms with Crippen molar-refractivity contribution in [2.24, 2.45) is 13.0 Å². The van der Waals surface area contributed by atoms with Gasteiger partial charge >= 0.3 is 0 Å². The Morgan fingerprint density at radius 1 is 1.25 bits per heavy atom. The number of aliphatic hydroxyl groups excluding tert-OH is 1. The van der Waals surface area contributed by atoms with Crippen molar-refractivity contribution in [2.75, 3.05) is 20.1 Å². The number of rotatable bonds is 8. The summed E-state index contributed by atoms with van der Waals surface area (Å²) in [5.41, 5.74) is 1.86. The van der Waals surface area contributed by atoms with Crippen molar-refractivity contribution in [2.45, 2.75) is 77.0 Å². The minimum Gasteiger partial charge on any atom is -0.391 e. The highest BCUT2D eigenvalue weighted by molar-refractivity contribution is 5.89. The molecule has 2 N–H and O–H groups in total. The molecule has 9 heteroatoms. The molecule has 1 aliphatic heterocycles. The van der Waals surface area contributed by atoms with Gasteiger partial charge in [-0.05, 0) is 39.5 Å². The second-order valence-corrected chi connectivity index (χ2v) is 9.37. The van der Waals surface area contributed by atoms with E-state index in [1.165, 1.54) is 6.92 Å². The summed E-state index contributed by atoms with van der Waals surface area (Å²) < 4.78 is 1.75. The smallest absolute Gasteiger partial charge is 0.248 e. The number of hydrogen-bond acceptors (Lipinski definition) is 5. The highest BCUT2D eigenvalue weighted by Crippen LogP contribution is 2.25. The van der Waals surface area contributed by atoms with Crippen LogP contribution in [0.2, 0.25) is 0 Å². The molecule has 1 aliphatic carbocycles. The molecule has 32 heavy (non-hydrogen) atoms. The molecule has 3 rings (SSSR count). The first kappa shape index (κ1) is 24.2. The third kappa shape index (κ3) is 5.49. The molecule has 2 heterocycles. The number of likely N-dealkylation sites (tertiary alicyclic amines) is 1. The number of aryl methyl sites for hydroxylation is 1. The zero-order valence-electron chi connectivity index (χ0n) is 19.7. The van der Waals surface area contributed by atoms with Gasteiger partial charge < -0.3 is 20.2 Å². The molecule has 0 bridgehead atoms. The third-order valence-electron chi connectivity index (χ3n) is 7.02. The molecule has 178 valence electrons. The Labute approximate surface area is 190 Å². The van der Waals surface area contributed by atoms with E-state index in [0.717, 1.165) is 49.8 Å². The van der Waals surface area contributed by atoms with Crippen LogP contribution in [-0.4, -0.2) is 80.7 Å². The number of nitrogens with one attached hydrogen (secondary N) is 1. The highest BCUT2D eigenvalue weighted by atomic mass is 16.3. The van der Waals surface area contributed by atoms with E-state index in [2.05, 4.69) is 10.4 Å². The van der Waals surface area contributed by atoms with Gasteiger partial charge in [-0.1, -0.05) is 12.8 Å². The van der Waals surface area contributed by atoms with Gasteiger partial charge in [0, 0.05) is 50.4 Å². The van der Waals surface area contributed by atoms with E-state index < -0.39 is 12.1 Å². The first-order chi connectivity index (χ1) is 15.2. The lowest BCUT2D eigenvalue weighted by atomic mass is 10.0. The lowest BCUT2D eigenvalue weighted by Gasteiger charge is -2.33. The summed E-state index contributed by atoms with van der Waals surface area (Å²) in [5.74, 6) is -0.505. The number of carbonyl (C=O) groups excluding carboxylic acids is 3. The van der Waals surface area contributed by atoms with Crippen molar-refractivity contribution < 1.29 is 19.5 Å². The number of aliphatic hydroxyl groups is 1. The lowest BCUT2D eigenvalue weighted by molar-refractivity contribution is -0.142. The quantitative estimate of drug-likeness (QED) is 0.612. The Balaban J connectivity index is 1.60. The summed E-state index contributed by atoms with van der Waals surface area (Å²) >= 11 is 0. The Morgan fingerprint density at radius 2 is 1.94 bits per heavy atom. The van der Waals surface area contributed by atoms with Gasteiger partial charge in [0.25, 0.3) is 0 Å². The normalized spacial score (nSPS) is 20.9. The standard InChI is InChI=1S/C23H37N5O4/c1-15-18(13-24-27(15)4)12-20(30)26(3)14-19-10-7-11-28(19)23(32)21(16(2)29)25-22(31)17-8-5-6-9-17/h13,16-17,19,21,29H,5-12,14H2,1-4H3,(H,25,31). The molecule has 3 amide bonds. The van der Waals surface area contributed by atoms with Crippen LogP contribution in [0.3, 0.4) is 0 Å². The molecule has 1 saturated carbocycles. The van der Waals surface area contributed by atoms with Gasteiger partial charge in [-0.15, -0.1) is 0 Å². The maximum atomic E-state index is 13.3. The van der Waals surface area contributed by atoms with Gasteiger partial charge in [0.05, 0.1) is 18.7 Å². The summed E-state index contributed by atoms with van der Waals surface area (Å²) in [6.07, 6.45) is 6.35. The predicted molar refractivity (Wildman–Crippen MR) is 120 cm³/mol. The summed E-state index contributed by atoms with van der Waals surface area (Å²) in [6, 6.07) is -1.08. The summed E-state index contributed by atoms with van der Waals surface area (Å²) in [5, 5.41) is 17.2. The maximum absolute atomic E-state index is 13.3. The van der Waals surface area contributed by atoms with E-state index in [-0.39, 0.29) is 36.1 Å². The fourth-order valence-corrected chi connectivity index (χ4v) is 4.78. The van der Waals surface area contributed by atoms with E-state index in [1.807, 2.05) is 14.0 Å². The Bertz CT molecular complexity index is 830. The van der Waals surface area contributed by atoms with E-state index in [0.29, 0.717) is 13.1 Å². The minimum absolute atomic E-state index is 0.0259. The van der Waals surface area contributed by atoms with Crippen LogP contribution >= 0.6 is 0 Å². The molecule has 1 aromatic rings. The topological polar surface area (TPSA) is 108 Å². The van der Waals surface area contributed by atoms with Gasteiger partial charge in [0.15, 0.2) is 0 Å². The molecular weight excluding hydrogens is 410 g/mol. The zero-order chi connectivity index (χ0) is 23.4. The van der Waals surface area contributed by atoms with Crippen LogP contribution in [0.1, 0.15) is 56.7 Å². The molecule has 9 nitrogen and oxygen atoms in total.